The molecule has 0 spiro atoms. The van der Waals surface area contributed by atoms with Crippen molar-refractivity contribution in [2.24, 2.45) is 4.99 Å². The molecule has 0 aromatic carbocycles. The quantitative estimate of drug-likeness (QED) is 0.199. The van der Waals surface area contributed by atoms with Crippen LogP contribution in [0.4, 0.5) is 0 Å². The molecular weight excluding hydrogens is 473 g/mol. The van der Waals surface area contributed by atoms with Gasteiger partial charge in [-0.05, 0) is 45.4 Å². The summed E-state index contributed by atoms with van der Waals surface area (Å²) in [6.45, 7) is 9.83. The third kappa shape index (κ3) is 10.6. The molecule has 7 nitrogen and oxygen atoms in total. The summed E-state index contributed by atoms with van der Waals surface area (Å²) in [6, 6.07) is 0. The zero-order valence-corrected chi connectivity index (χ0v) is 20.0. The zero-order chi connectivity index (χ0) is 19.2. The highest BCUT2D eigenvalue weighted by Gasteiger charge is 2.21. The molecule has 0 aromatic heterocycles. The Morgan fingerprint density at radius 3 is 2.29 bits per heavy atom. The number of methoxy groups -OCH3 is 1. The molecule has 2 heterocycles. The highest BCUT2D eigenvalue weighted by Crippen LogP contribution is 2.14. The molecule has 0 aromatic rings. The van der Waals surface area contributed by atoms with Gasteiger partial charge in [0, 0.05) is 66.3 Å². The number of guanidine groups is 1. The molecule has 2 fully saturated rings. The fourth-order valence-corrected chi connectivity index (χ4v) is 3.46. The summed E-state index contributed by atoms with van der Waals surface area (Å²) >= 11 is 0. The lowest BCUT2D eigenvalue weighted by atomic mass is 10.1. The zero-order valence-electron chi connectivity index (χ0n) is 17.7. The Morgan fingerprint density at radius 1 is 1.00 bits per heavy atom. The molecule has 0 bridgehead atoms. The molecule has 166 valence electrons. The van der Waals surface area contributed by atoms with E-state index in [9.17, 15) is 0 Å². The third-order valence-corrected chi connectivity index (χ3v) is 5.01. The Morgan fingerprint density at radius 2 is 1.64 bits per heavy atom. The molecule has 2 saturated heterocycles. The summed E-state index contributed by atoms with van der Waals surface area (Å²) in [4.78, 5) is 7.16. The minimum absolute atomic E-state index is 0. The highest BCUT2D eigenvalue weighted by molar-refractivity contribution is 14.0. The number of hydrogen-bond acceptors (Lipinski definition) is 5. The smallest absolute Gasteiger partial charge is 0.193 e. The van der Waals surface area contributed by atoms with E-state index in [1.807, 2.05) is 0 Å². The summed E-state index contributed by atoms with van der Waals surface area (Å²) in [5, 5.41) is 3.43. The first-order chi connectivity index (χ1) is 13.3. The van der Waals surface area contributed by atoms with Crippen molar-refractivity contribution in [1.29, 1.82) is 0 Å². The van der Waals surface area contributed by atoms with Gasteiger partial charge in [0.05, 0.1) is 12.2 Å². The molecule has 0 radical (unpaired) electrons. The van der Waals surface area contributed by atoms with Crippen LogP contribution in [0, 0.1) is 0 Å². The van der Waals surface area contributed by atoms with Crippen molar-refractivity contribution in [3.05, 3.63) is 0 Å². The lowest BCUT2D eigenvalue weighted by molar-refractivity contribution is -0.0318. The van der Waals surface area contributed by atoms with Crippen LogP contribution in [0.3, 0.4) is 0 Å². The SMILES string of the molecule is CCNC(=NCCCOC1CCOCC1)N1CCC(OCCCOC)CC1.I. The van der Waals surface area contributed by atoms with E-state index in [4.69, 9.17) is 23.9 Å². The summed E-state index contributed by atoms with van der Waals surface area (Å²) < 4.78 is 22.3. The van der Waals surface area contributed by atoms with E-state index in [2.05, 4.69) is 17.1 Å². The van der Waals surface area contributed by atoms with Gasteiger partial charge < -0.3 is 29.2 Å². The third-order valence-electron chi connectivity index (χ3n) is 5.01. The van der Waals surface area contributed by atoms with Gasteiger partial charge in [0.25, 0.3) is 0 Å². The van der Waals surface area contributed by atoms with Crippen LogP contribution in [-0.4, -0.2) is 89.4 Å². The van der Waals surface area contributed by atoms with Crippen LogP contribution >= 0.6 is 24.0 Å². The summed E-state index contributed by atoms with van der Waals surface area (Å²) in [5.74, 6) is 1.03. The van der Waals surface area contributed by atoms with Crippen LogP contribution in [0.15, 0.2) is 4.99 Å². The molecule has 1 N–H and O–H groups in total. The fraction of sp³-hybridized carbons (Fsp3) is 0.950. The average Bonchev–Trinajstić information content (AvgIpc) is 2.71. The van der Waals surface area contributed by atoms with Gasteiger partial charge in [0.15, 0.2) is 5.96 Å². The molecule has 8 heteroatoms. The standard InChI is InChI=1S/C20H39N3O4.HI/c1-3-21-20(22-10-4-14-26-19-8-16-25-17-9-19)23-11-6-18(7-12-23)27-15-5-13-24-2;/h18-19H,3-17H2,1-2H3,(H,21,22);1H. The Balaban J connectivity index is 0.00000392. The number of likely N-dealkylation sites (tertiary alicyclic amines) is 1. The van der Waals surface area contributed by atoms with Crippen molar-refractivity contribution in [3.63, 3.8) is 0 Å². The first-order valence-corrected chi connectivity index (χ1v) is 10.7. The Bertz CT molecular complexity index is 401. The van der Waals surface area contributed by atoms with E-state index >= 15 is 0 Å². The van der Waals surface area contributed by atoms with Crippen molar-refractivity contribution in [2.75, 3.05) is 66.3 Å². The van der Waals surface area contributed by atoms with Gasteiger partial charge in [0.1, 0.15) is 0 Å². The maximum Gasteiger partial charge on any atom is 0.193 e. The van der Waals surface area contributed by atoms with Gasteiger partial charge in [-0.25, -0.2) is 0 Å². The molecule has 2 aliphatic heterocycles. The normalized spacial score (nSPS) is 19.5. The molecule has 0 unspecified atom stereocenters. The van der Waals surface area contributed by atoms with Crippen molar-refractivity contribution < 1.29 is 18.9 Å². The monoisotopic (exact) mass is 513 g/mol. The number of nitrogens with zero attached hydrogens (tertiary/aromatic N) is 2. The summed E-state index contributed by atoms with van der Waals surface area (Å²) in [7, 11) is 1.73. The maximum atomic E-state index is 5.95. The molecule has 0 saturated carbocycles. The Hall–Kier alpha value is -0.160. The van der Waals surface area contributed by atoms with E-state index in [1.165, 1.54) is 0 Å². The molecule has 0 aliphatic carbocycles. The van der Waals surface area contributed by atoms with Gasteiger partial charge in [-0.1, -0.05) is 0 Å². The summed E-state index contributed by atoms with van der Waals surface area (Å²) in [6.07, 6.45) is 6.84. The minimum Gasteiger partial charge on any atom is -0.385 e. The number of rotatable bonds is 11. The van der Waals surface area contributed by atoms with Crippen LogP contribution in [0.1, 0.15) is 45.4 Å². The van der Waals surface area contributed by atoms with E-state index in [0.717, 1.165) is 104 Å². The number of hydrogen-bond donors (Lipinski definition) is 1. The molecule has 0 amide bonds. The van der Waals surface area contributed by atoms with Gasteiger partial charge in [0.2, 0.25) is 0 Å². The predicted molar refractivity (Wildman–Crippen MR) is 123 cm³/mol. The summed E-state index contributed by atoms with van der Waals surface area (Å²) in [5.41, 5.74) is 0. The van der Waals surface area contributed by atoms with Crippen molar-refractivity contribution in [3.8, 4) is 0 Å². The molecule has 0 atom stereocenters. The number of aliphatic imine (C=N–C) groups is 1. The van der Waals surface area contributed by atoms with E-state index in [-0.39, 0.29) is 24.0 Å². The molecule has 28 heavy (non-hydrogen) atoms. The van der Waals surface area contributed by atoms with Gasteiger partial charge in [-0.2, -0.15) is 0 Å². The van der Waals surface area contributed by atoms with Crippen molar-refractivity contribution >= 4 is 29.9 Å². The number of nitrogens with one attached hydrogen (secondary N) is 1. The van der Waals surface area contributed by atoms with E-state index in [1.54, 1.807) is 7.11 Å². The van der Waals surface area contributed by atoms with Crippen molar-refractivity contribution in [2.45, 2.75) is 57.7 Å². The maximum absolute atomic E-state index is 5.95. The minimum atomic E-state index is 0. The van der Waals surface area contributed by atoms with Crippen LogP contribution in [0.5, 0.6) is 0 Å². The number of piperidine rings is 1. The molecular formula is C20H40IN3O4. The first kappa shape index (κ1) is 25.9. The van der Waals surface area contributed by atoms with Crippen LogP contribution < -0.4 is 5.32 Å². The second-order valence-electron chi connectivity index (χ2n) is 7.18. The largest absolute Gasteiger partial charge is 0.385 e. The highest BCUT2D eigenvalue weighted by atomic mass is 127. The lowest BCUT2D eigenvalue weighted by Gasteiger charge is -2.34. The molecule has 2 rings (SSSR count). The first-order valence-electron chi connectivity index (χ1n) is 10.7. The number of ether oxygens (including phenoxy) is 4. The second-order valence-corrected chi connectivity index (χ2v) is 7.18. The lowest BCUT2D eigenvalue weighted by Crippen LogP contribution is -2.47. The average molecular weight is 513 g/mol. The second kappa shape index (κ2) is 16.6. The van der Waals surface area contributed by atoms with E-state index in [0.29, 0.717) is 12.2 Å². The fourth-order valence-electron chi connectivity index (χ4n) is 3.46. The van der Waals surface area contributed by atoms with Crippen molar-refractivity contribution in [1.82, 2.24) is 10.2 Å². The topological polar surface area (TPSA) is 64.6 Å². The Kier molecular flexibility index (Phi) is 15.4. The van der Waals surface area contributed by atoms with Gasteiger partial charge in [-0.15, -0.1) is 24.0 Å². The number of halogens is 1. The Labute approximate surface area is 187 Å². The molecule has 2 aliphatic rings. The van der Waals surface area contributed by atoms with Crippen LogP contribution in [0.2, 0.25) is 0 Å². The van der Waals surface area contributed by atoms with E-state index < -0.39 is 0 Å². The van der Waals surface area contributed by atoms with Gasteiger partial charge >= 0.3 is 0 Å². The van der Waals surface area contributed by atoms with Gasteiger partial charge in [-0.3, -0.25) is 4.99 Å². The predicted octanol–water partition coefficient (Wildman–Crippen LogP) is 2.67. The van der Waals surface area contributed by atoms with Crippen LogP contribution in [-0.2, 0) is 18.9 Å². The van der Waals surface area contributed by atoms with Crippen LogP contribution in [0.25, 0.3) is 0 Å².